The largest absolute Gasteiger partial charge is 0.310 e. The van der Waals surface area contributed by atoms with Gasteiger partial charge in [-0.2, -0.15) is 5.10 Å². The van der Waals surface area contributed by atoms with Gasteiger partial charge in [-0.3, -0.25) is 4.90 Å². The van der Waals surface area contributed by atoms with Gasteiger partial charge in [0.2, 0.25) is 0 Å². The van der Waals surface area contributed by atoms with Crippen LogP contribution in [0.2, 0.25) is 0 Å². The molecule has 0 aliphatic heterocycles. The van der Waals surface area contributed by atoms with E-state index in [4.69, 9.17) is 12.2 Å². The number of aryl methyl sites for hydroxylation is 1. The Balaban J connectivity index is 1.74. The van der Waals surface area contributed by atoms with Crippen molar-refractivity contribution in [2.75, 3.05) is 0 Å². The quantitative estimate of drug-likeness (QED) is 0.788. The van der Waals surface area contributed by atoms with E-state index < -0.39 is 0 Å². The highest BCUT2D eigenvalue weighted by Crippen LogP contribution is 2.29. The van der Waals surface area contributed by atoms with E-state index in [0.717, 1.165) is 18.0 Å². The lowest BCUT2D eigenvalue weighted by Crippen LogP contribution is -2.28. The molecule has 96 valence electrons. The van der Waals surface area contributed by atoms with Crippen LogP contribution in [0.3, 0.4) is 0 Å². The molecule has 1 fully saturated rings. The van der Waals surface area contributed by atoms with Gasteiger partial charge < -0.3 is 4.57 Å². The fraction of sp³-hybridized carbons (Fsp3) is 0.500. The monoisotopic (exact) mass is 280 g/mol. The Kier molecular flexibility index (Phi) is 3.32. The molecule has 18 heavy (non-hydrogen) atoms. The molecule has 0 amide bonds. The number of hydrogen-bond donors (Lipinski definition) is 0. The Hall–Kier alpha value is -0.980. The first-order chi connectivity index (χ1) is 8.74. The standard InChI is InChI=1S/C12H16N4S2/c1-14-8-13-16(12(14)17)9-15(10-4-5-10)7-11-3-2-6-18-11/h2-3,6,8,10H,4-5,7,9H2,1H3. The lowest BCUT2D eigenvalue weighted by atomic mass is 10.4. The fourth-order valence-corrected chi connectivity index (χ4v) is 2.91. The van der Waals surface area contributed by atoms with Crippen LogP contribution >= 0.6 is 23.6 Å². The number of nitrogens with zero attached hydrogens (tertiary/aromatic N) is 4. The molecule has 2 aromatic heterocycles. The summed E-state index contributed by atoms with van der Waals surface area (Å²) in [5, 5.41) is 6.46. The number of rotatable bonds is 5. The summed E-state index contributed by atoms with van der Waals surface area (Å²) in [4.78, 5) is 3.87. The summed E-state index contributed by atoms with van der Waals surface area (Å²) in [7, 11) is 1.94. The molecule has 4 nitrogen and oxygen atoms in total. The van der Waals surface area contributed by atoms with Crippen molar-refractivity contribution in [1.29, 1.82) is 0 Å². The summed E-state index contributed by atoms with van der Waals surface area (Å²) in [5.41, 5.74) is 0. The summed E-state index contributed by atoms with van der Waals surface area (Å²) >= 11 is 7.15. The minimum absolute atomic E-state index is 0.705. The molecule has 0 radical (unpaired) electrons. The first-order valence-electron chi connectivity index (χ1n) is 6.09. The maximum atomic E-state index is 5.34. The van der Waals surface area contributed by atoms with E-state index in [-0.39, 0.29) is 0 Å². The van der Waals surface area contributed by atoms with E-state index in [0.29, 0.717) is 6.04 Å². The van der Waals surface area contributed by atoms with Gasteiger partial charge in [-0.05, 0) is 36.5 Å². The van der Waals surface area contributed by atoms with Gasteiger partial charge in [0.05, 0.1) is 6.67 Å². The molecular formula is C12H16N4S2. The molecule has 6 heteroatoms. The zero-order valence-corrected chi connectivity index (χ0v) is 12.0. The highest BCUT2D eigenvalue weighted by Gasteiger charge is 2.29. The number of thiophene rings is 1. The second kappa shape index (κ2) is 4.95. The smallest absolute Gasteiger partial charge is 0.198 e. The van der Waals surface area contributed by atoms with E-state index in [2.05, 4.69) is 27.5 Å². The van der Waals surface area contributed by atoms with Crippen molar-refractivity contribution in [3.05, 3.63) is 33.5 Å². The third-order valence-corrected chi connectivity index (χ3v) is 4.56. The molecule has 2 aromatic rings. The zero-order valence-electron chi connectivity index (χ0n) is 10.3. The van der Waals surface area contributed by atoms with Crippen molar-refractivity contribution in [3.8, 4) is 0 Å². The van der Waals surface area contributed by atoms with Crippen molar-refractivity contribution in [2.45, 2.75) is 32.1 Å². The average Bonchev–Trinajstić information content (AvgIpc) is 3.01. The molecular weight excluding hydrogens is 264 g/mol. The summed E-state index contributed by atoms with van der Waals surface area (Å²) in [6.07, 6.45) is 4.37. The molecule has 0 saturated heterocycles. The van der Waals surface area contributed by atoms with Crippen LogP contribution in [0.15, 0.2) is 23.8 Å². The average molecular weight is 280 g/mol. The minimum Gasteiger partial charge on any atom is -0.310 e. The predicted molar refractivity (Wildman–Crippen MR) is 74.9 cm³/mol. The van der Waals surface area contributed by atoms with Gasteiger partial charge in [-0.15, -0.1) is 11.3 Å². The maximum Gasteiger partial charge on any atom is 0.198 e. The molecule has 1 aliphatic rings. The molecule has 1 saturated carbocycles. The van der Waals surface area contributed by atoms with Crippen LogP contribution in [-0.2, 0) is 20.3 Å². The van der Waals surface area contributed by atoms with Gasteiger partial charge in [0, 0.05) is 24.5 Å². The normalized spacial score (nSPS) is 15.4. The van der Waals surface area contributed by atoms with Crippen LogP contribution < -0.4 is 0 Å². The molecule has 0 bridgehead atoms. The SMILES string of the molecule is Cn1cnn(CN(Cc2cccs2)C2CC2)c1=S. The van der Waals surface area contributed by atoms with Gasteiger partial charge in [-0.25, -0.2) is 4.68 Å². The number of aromatic nitrogens is 3. The Bertz CT molecular complexity index is 565. The summed E-state index contributed by atoms with van der Waals surface area (Å²) in [6, 6.07) is 5.01. The lowest BCUT2D eigenvalue weighted by Gasteiger charge is -2.20. The van der Waals surface area contributed by atoms with Crippen molar-refractivity contribution in [2.24, 2.45) is 7.05 Å². The minimum atomic E-state index is 0.705. The van der Waals surface area contributed by atoms with Crippen molar-refractivity contribution in [3.63, 3.8) is 0 Å². The third kappa shape index (κ3) is 2.55. The van der Waals surface area contributed by atoms with Gasteiger partial charge in [-0.1, -0.05) is 6.07 Å². The van der Waals surface area contributed by atoms with Crippen LogP contribution in [-0.4, -0.2) is 25.3 Å². The Morgan fingerprint density at radius 1 is 1.56 bits per heavy atom. The van der Waals surface area contributed by atoms with E-state index in [1.165, 1.54) is 17.7 Å². The van der Waals surface area contributed by atoms with E-state index >= 15 is 0 Å². The highest BCUT2D eigenvalue weighted by molar-refractivity contribution is 7.71. The molecule has 0 aromatic carbocycles. The molecule has 0 atom stereocenters. The van der Waals surface area contributed by atoms with E-state index in [1.807, 2.05) is 27.6 Å². The summed E-state index contributed by atoms with van der Waals surface area (Å²) < 4.78 is 4.57. The van der Waals surface area contributed by atoms with Gasteiger partial charge in [0.1, 0.15) is 6.33 Å². The van der Waals surface area contributed by atoms with Crippen molar-refractivity contribution in [1.82, 2.24) is 19.2 Å². The predicted octanol–water partition coefficient (Wildman–Crippen LogP) is 2.63. The Morgan fingerprint density at radius 3 is 2.94 bits per heavy atom. The van der Waals surface area contributed by atoms with Crippen LogP contribution in [0.4, 0.5) is 0 Å². The first-order valence-corrected chi connectivity index (χ1v) is 7.37. The van der Waals surface area contributed by atoms with Gasteiger partial charge >= 0.3 is 0 Å². The molecule has 0 N–H and O–H groups in total. The summed E-state index contributed by atoms with van der Waals surface area (Å²) in [6.45, 7) is 1.79. The molecule has 0 unspecified atom stereocenters. The summed E-state index contributed by atoms with van der Waals surface area (Å²) in [5.74, 6) is 0. The Labute approximate surface area is 115 Å². The highest BCUT2D eigenvalue weighted by atomic mass is 32.1. The van der Waals surface area contributed by atoms with Gasteiger partial charge in [0.15, 0.2) is 4.77 Å². The molecule has 0 spiro atoms. The van der Waals surface area contributed by atoms with Crippen LogP contribution in [0, 0.1) is 4.77 Å². The lowest BCUT2D eigenvalue weighted by molar-refractivity contribution is 0.188. The maximum absolute atomic E-state index is 5.34. The van der Waals surface area contributed by atoms with Crippen LogP contribution in [0.5, 0.6) is 0 Å². The van der Waals surface area contributed by atoms with Gasteiger partial charge in [0.25, 0.3) is 0 Å². The zero-order chi connectivity index (χ0) is 12.5. The molecule has 3 rings (SSSR count). The third-order valence-electron chi connectivity index (χ3n) is 3.20. The second-order valence-electron chi connectivity index (χ2n) is 4.72. The van der Waals surface area contributed by atoms with Crippen molar-refractivity contribution < 1.29 is 0 Å². The number of hydrogen-bond acceptors (Lipinski definition) is 4. The van der Waals surface area contributed by atoms with Crippen LogP contribution in [0.1, 0.15) is 17.7 Å². The Morgan fingerprint density at radius 2 is 2.39 bits per heavy atom. The van der Waals surface area contributed by atoms with E-state index in [1.54, 1.807) is 6.33 Å². The van der Waals surface area contributed by atoms with Crippen LogP contribution in [0.25, 0.3) is 0 Å². The second-order valence-corrected chi connectivity index (χ2v) is 6.12. The topological polar surface area (TPSA) is 26.0 Å². The first kappa shape index (κ1) is 12.1. The molecule has 1 aliphatic carbocycles. The fourth-order valence-electron chi connectivity index (χ4n) is 2.03. The van der Waals surface area contributed by atoms with Crippen molar-refractivity contribution >= 4 is 23.6 Å². The van der Waals surface area contributed by atoms with E-state index in [9.17, 15) is 0 Å². The molecule has 2 heterocycles.